The molecule has 0 bridgehead atoms. The average molecular weight is 421 g/mol. The molecule has 0 saturated carbocycles. The first kappa shape index (κ1) is 20.5. The molecule has 2 amide bonds. The standard InChI is InChI=1S/C23H23N3O5/c27-21(24-11-9-16-13-25-18-6-2-1-5-17(16)18)14-31-23(29)10-12-26-19-7-3-4-8-20(19)30-15-22(26)28/h1-8,13,25H,9-12,14-15H2,(H,24,27). The fourth-order valence-corrected chi connectivity index (χ4v) is 3.55. The first-order valence-corrected chi connectivity index (χ1v) is 10.1. The molecular weight excluding hydrogens is 398 g/mol. The lowest BCUT2D eigenvalue weighted by atomic mass is 10.1. The van der Waals surface area contributed by atoms with Crippen LogP contribution in [0.2, 0.25) is 0 Å². The van der Waals surface area contributed by atoms with Gasteiger partial charge in [0.05, 0.1) is 12.1 Å². The Morgan fingerprint density at radius 3 is 2.84 bits per heavy atom. The highest BCUT2D eigenvalue weighted by Gasteiger charge is 2.25. The van der Waals surface area contributed by atoms with Gasteiger partial charge in [0.15, 0.2) is 13.2 Å². The third kappa shape index (κ3) is 4.85. The Morgan fingerprint density at radius 2 is 1.94 bits per heavy atom. The zero-order valence-corrected chi connectivity index (χ0v) is 16.9. The molecule has 0 unspecified atom stereocenters. The highest BCUT2D eigenvalue weighted by molar-refractivity contribution is 5.98. The number of aromatic amines is 1. The fraction of sp³-hybridized carbons (Fsp3) is 0.261. The van der Waals surface area contributed by atoms with E-state index in [1.807, 2.05) is 36.5 Å². The normalized spacial score (nSPS) is 12.9. The Bertz CT molecular complexity index is 1110. The number of nitrogens with zero attached hydrogens (tertiary/aromatic N) is 1. The quantitative estimate of drug-likeness (QED) is 0.543. The van der Waals surface area contributed by atoms with E-state index in [2.05, 4.69) is 10.3 Å². The number of aromatic nitrogens is 1. The molecule has 0 fully saturated rings. The Labute approximate surface area is 179 Å². The number of nitrogens with one attached hydrogen (secondary N) is 2. The van der Waals surface area contributed by atoms with Crippen molar-refractivity contribution in [2.45, 2.75) is 12.8 Å². The van der Waals surface area contributed by atoms with Crippen LogP contribution in [0.15, 0.2) is 54.7 Å². The van der Waals surface area contributed by atoms with Crippen molar-refractivity contribution in [1.82, 2.24) is 10.3 Å². The average Bonchev–Trinajstić information content (AvgIpc) is 3.20. The first-order valence-electron chi connectivity index (χ1n) is 10.1. The van der Waals surface area contributed by atoms with Gasteiger partial charge in [0.1, 0.15) is 5.75 Å². The number of fused-ring (bicyclic) bond motifs is 2. The molecule has 2 heterocycles. The Kier molecular flexibility index (Phi) is 6.16. The van der Waals surface area contributed by atoms with E-state index in [9.17, 15) is 14.4 Å². The zero-order chi connectivity index (χ0) is 21.6. The minimum absolute atomic E-state index is 0.0112. The zero-order valence-electron chi connectivity index (χ0n) is 16.9. The molecule has 0 radical (unpaired) electrons. The number of anilines is 1. The van der Waals surface area contributed by atoms with Crippen molar-refractivity contribution >= 4 is 34.4 Å². The number of carbonyl (C=O) groups is 3. The number of para-hydroxylation sites is 3. The number of ether oxygens (including phenoxy) is 2. The number of benzene rings is 2. The van der Waals surface area contributed by atoms with Gasteiger partial charge in [-0.15, -0.1) is 0 Å². The number of carbonyl (C=O) groups excluding carboxylic acids is 3. The summed E-state index contributed by atoms with van der Waals surface area (Å²) in [5.41, 5.74) is 2.80. The molecule has 160 valence electrons. The van der Waals surface area contributed by atoms with Gasteiger partial charge in [0, 0.05) is 30.2 Å². The monoisotopic (exact) mass is 421 g/mol. The number of esters is 1. The minimum atomic E-state index is -0.538. The SMILES string of the molecule is O=C(COC(=O)CCN1C(=O)COc2ccccc21)NCCc1c[nH]c2ccccc12. The van der Waals surface area contributed by atoms with Crippen molar-refractivity contribution in [3.05, 3.63) is 60.3 Å². The largest absolute Gasteiger partial charge is 0.482 e. The van der Waals surface area contributed by atoms with E-state index in [0.29, 0.717) is 24.4 Å². The summed E-state index contributed by atoms with van der Waals surface area (Å²) in [6, 6.07) is 15.1. The lowest BCUT2D eigenvalue weighted by molar-refractivity contribution is -0.148. The highest BCUT2D eigenvalue weighted by Crippen LogP contribution is 2.31. The van der Waals surface area contributed by atoms with Gasteiger partial charge in [0.2, 0.25) is 0 Å². The van der Waals surface area contributed by atoms with Gasteiger partial charge in [-0.3, -0.25) is 14.4 Å². The molecule has 0 spiro atoms. The maximum absolute atomic E-state index is 12.1. The molecule has 8 nitrogen and oxygen atoms in total. The van der Waals surface area contributed by atoms with Crippen LogP contribution in [0.5, 0.6) is 5.75 Å². The van der Waals surface area contributed by atoms with Crippen LogP contribution in [0.25, 0.3) is 10.9 Å². The lowest BCUT2D eigenvalue weighted by Gasteiger charge is -2.28. The third-order valence-corrected chi connectivity index (χ3v) is 5.10. The predicted molar refractivity (Wildman–Crippen MR) is 115 cm³/mol. The third-order valence-electron chi connectivity index (χ3n) is 5.10. The maximum Gasteiger partial charge on any atom is 0.308 e. The molecule has 3 aromatic rings. The molecular formula is C23H23N3O5. The van der Waals surface area contributed by atoms with Crippen LogP contribution in [-0.4, -0.2) is 49.1 Å². The van der Waals surface area contributed by atoms with E-state index < -0.39 is 5.97 Å². The first-order chi connectivity index (χ1) is 15.1. The van der Waals surface area contributed by atoms with Gasteiger partial charge in [-0.1, -0.05) is 30.3 Å². The van der Waals surface area contributed by atoms with Crippen LogP contribution in [0.4, 0.5) is 5.69 Å². The summed E-state index contributed by atoms with van der Waals surface area (Å²) in [7, 11) is 0. The van der Waals surface area contributed by atoms with E-state index in [0.717, 1.165) is 16.5 Å². The van der Waals surface area contributed by atoms with Gasteiger partial charge in [-0.05, 0) is 30.2 Å². The van der Waals surface area contributed by atoms with Gasteiger partial charge >= 0.3 is 5.97 Å². The van der Waals surface area contributed by atoms with Crippen molar-refractivity contribution in [3.63, 3.8) is 0 Å². The topological polar surface area (TPSA) is 101 Å². The van der Waals surface area contributed by atoms with Crippen LogP contribution in [0, 0.1) is 0 Å². The van der Waals surface area contributed by atoms with Crippen molar-refractivity contribution in [2.75, 3.05) is 31.2 Å². The van der Waals surface area contributed by atoms with E-state index in [1.54, 1.807) is 18.2 Å². The molecule has 0 aliphatic carbocycles. The summed E-state index contributed by atoms with van der Waals surface area (Å²) < 4.78 is 10.4. The number of hydrogen-bond donors (Lipinski definition) is 2. The van der Waals surface area contributed by atoms with Crippen LogP contribution in [-0.2, 0) is 25.5 Å². The van der Waals surface area contributed by atoms with Gasteiger partial charge < -0.3 is 24.7 Å². The highest BCUT2D eigenvalue weighted by atomic mass is 16.5. The molecule has 0 atom stereocenters. The van der Waals surface area contributed by atoms with E-state index in [4.69, 9.17) is 9.47 Å². The van der Waals surface area contributed by atoms with Crippen LogP contribution >= 0.6 is 0 Å². The Hall–Kier alpha value is -3.81. The van der Waals surface area contributed by atoms with Crippen molar-refractivity contribution in [1.29, 1.82) is 0 Å². The van der Waals surface area contributed by atoms with E-state index in [-0.39, 0.29) is 38.0 Å². The summed E-state index contributed by atoms with van der Waals surface area (Å²) in [4.78, 5) is 40.8. The van der Waals surface area contributed by atoms with Crippen molar-refractivity contribution in [2.24, 2.45) is 0 Å². The molecule has 0 saturated heterocycles. The number of H-pyrrole nitrogens is 1. The smallest absolute Gasteiger partial charge is 0.308 e. The molecule has 8 heteroatoms. The minimum Gasteiger partial charge on any atom is -0.482 e. The second kappa shape index (κ2) is 9.34. The Balaban J connectivity index is 1.19. The fourth-order valence-electron chi connectivity index (χ4n) is 3.55. The Morgan fingerprint density at radius 1 is 1.13 bits per heavy atom. The summed E-state index contributed by atoms with van der Waals surface area (Å²) in [6.07, 6.45) is 2.59. The summed E-state index contributed by atoms with van der Waals surface area (Å²) in [5.74, 6) is -0.517. The second-order valence-electron chi connectivity index (χ2n) is 7.17. The molecule has 2 aromatic carbocycles. The molecule has 31 heavy (non-hydrogen) atoms. The second-order valence-corrected chi connectivity index (χ2v) is 7.17. The van der Waals surface area contributed by atoms with Crippen LogP contribution < -0.4 is 15.0 Å². The molecule has 2 N–H and O–H groups in total. The summed E-state index contributed by atoms with van der Waals surface area (Å²) >= 11 is 0. The maximum atomic E-state index is 12.1. The van der Waals surface area contributed by atoms with E-state index >= 15 is 0 Å². The molecule has 4 rings (SSSR count). The summed E-state index contributed by atoms with van der Waals surface area (Å²) in [6.45, 7) is 0.197. The lowest BCUT2D eigenvalue weighted by Crippen LogP contribution is -2.40. The number of hydrogen-bond acceptors (Lipinski definition) is 5. The van der Waals surface area contributed by atoms with Crippen molar-refractivity contribution in [3.8, 4) is 5.75 Å². The van der Waals surface area contributed by atoms with E-state index in [1.165, 1.54) is 4.90 Å². The number of amides is 2. The molecule has 1 aromatic heterocycles. The van der Waals surface area contributed by atoms with Gasteiger partial charge in [-0.25, -0.2) is 0 Å². The van der Waals surface area contributed by atoms with Gasteiger partial charge in [0.25, 0.3) is 11.8 Å². The molecule has 1 aliphatic heterocycles. The van der Waals surface area contributed by atoms with Crippen LogP contribution in [0.1, 0.15) is 12.0 Å². The van der Waals surface area contributed by atoms with Crippen molar-refractivity contribution < 1.29 is 23.9 Å². The van der Waals surface area contributed by atoms with Crippen LogP contribution in [0.3, 0.4) is 0 Å². The summed E-state index contributed by atoms with van der Waals surface area (Å²) in [5, 5.41) is 3.88. The predicted octanol–water partition coefficient (Wildman–Crippen LogP) is 2.19. The number of rotatable bonds is 8. The van der Waals surface area contributed by atoms with Gasteiger partial charge in [-0.2, -0.15) is 0 Å². The molecule has 1 aliphatic rings.